The minimum absolute atomic E-state index is 0.0309. The van der Waals surface area contributed by atoms with Crippen molar-refractivity contribution in [3.63, 3.8) is 0 Å². The molecule has 2 rings (SSSR count). The summed E-state index contributed by atoms with van der Waals surface area (Å²) in [6.45, 7) is 6.45. The molecule has 0 spiro atoms. The van der Waals surface area contributed by atoms with E-state index >= 15 is 0 Å². The van der Waals surface area contributed by atoms with Crippen LogP contribution in [0.25, 0.3) is 10.9 Å². The van der Waals surface area contributed by atoms with Crippen LogP contribution in [0, 0.1) is 0 Å². The largest absolute Gasteiger partial charge is 0.369 e. The highest BCUT2D eigenvalue weighted by Crippen LogP contribution is 2.17. The van der Waals surface area contributed by atoms with E-state index in [0.717, 1.165) is 16.7 Å². The summed E-state index contributed by atoms with van der Waals surface area (Å²) in [5, 5.41) is 7.09. The van der Waals surface area contributed by atoms with Crippen LogP contribution in [0.15, 0.2) is 30.6 Å². The second kappa shape index (κ2) is 5.86. The normalized spacial score (nSPS) is 11.3. The predicted molar refractivity (Wildman–Crippen MR) is 80.5 cm³/mol. The molecule has 0 saturated heterocycles. The Morgan fingerprint density at radius 3 is 2.70 bits per heavy atom. The molecule has 1 aromatic carbocycles. The molecule has 106 valence electrons. The maximum absolute atomic E-state index is 11.7. The maximum Gasteiger partial charge on any atom is 0.222 e. The van der Waals surface area contributed by atoms with Gasteiger partial charge in [-0.3, -0.25) is 4.79 Å². The first kappa shape index (κ1) is 14.2. The van der Waals surface area contributed by atoms with E-state index in [1.54, 1.807) is 0 Å². The second-order valence-corrected chi connectivity index (χ2v) is 5.71. The lowest BCUT2D eigenvalue weighted by Crippen LogP contribution is -2.41. The first-order valence-corrected chi connectivity index (χ1v) is 6.70. The Hall–Kier alpha value is -2.17. The number of rotatable bonds is 4. The van der Waals surface area contributed by atoms with E-state index in [4.69, 9.17) is 0 Å². The minimum Gasteiger partial charge on any atom is -0.369 e. The molecule has 5 heteroatoms. The predicted octanol–water partition coefficient (Wildman–Crippen LogP) is 2.35. The number of hydrogen-bond donors (Lipinski definition) is 2. The van der Waals surface area contributed by atoms with Crippen LogP contribution >= 0.6 is 0 Å². The molecule has 0 aliphatic rings. The van der Waals surface area contributed by atoms with Gasteiger partial charge in [0.15, 0.2) is 0 Å². The molecule has 0 saturated carbocycles. The smallest absolute Gasteiger partial charge is 0.222 e. The first-order chi connectivity index (χ1) is 9.46. The Balaban J connectivity index is 1.95. The van der Waals surface area contributed by atoms with E-state index in [-0.39, 0.29) is 11.4 Å². The molecule has 1 aromatic heterocycles. The zero-order chi connectivity index (χ0) is 14.6. The van der Waals surface area contributed by atoms with Gasteiger partial charge in [-0.2, -0.15) is 0 Å². The number of nitrogens with one attached hydrogen (secondary N) is 2. The number of hydrogen-bond acceptors (Lipinski definition) is 4. The molecular formula is C15H20N4O. The van der Waals surface area contributed by atoms with Crippen LogP contribution in [0.3, 0.4) is 0 Å². The summed E-state index contributed by atoms with van der Waals surface area (Å²) < 4.78 is 0. The molecule has 1 amide bonds. The molecule has 0 atom stereocenters. The van der Waals surface area contributed by atoms with Crippen LogP contribution in [0.2, 0.25) is 0 Å². The SMILES string of the molecule is CC(C)(C)NC(=O)CCNc1ncnc2ccccc12. The van der Waals surface area contributed by atoms with Crippen molar-refractivity contribution in [2.45, 2.75) is 32.7 Å². The van der Waals surface area contributed by atoms with Crippen LogP contribution in [-0.4, -0.2) is 28.0 Å². The van der Waals surface area contributed by atoms with Crippen LogP contribution < -0.4 is 10.6 Å². The number of para-hydroxylation sites is 1. The highest BCUT2D eigenvalue weighted by atomic mass is 16.1. The van der Waals surface area contributed by atoms with Crippen molar-refractivity contribution in [1.82, 2.24) is 15.3 Å². The first-order valence-electron chi connectivity index (χ1n) is 6.70. The molecule has 0 aliphatic carbocycles. The standard InChI is InChI=1S/C15H20N4O/c1-15(2,3)19-13(20)8-9-16-14-11-6-4-5-7-12(11)17-10-18-14/h4-7,10H,8-9H2,1-3H3,(H,19,20)(H,16,17,18). The van der Waals surface area contributed by atoms with E-state index < -0.39 is 0 Å². The molecule has 0 fully saturated rings. The third kappa shape index (κ3) is 3.91. The van der Waals surface area contributed by atoms with Crippen molar-refractivity contribution in [3.05, 3.63) is 30.6 Å². The fraction of sp³-hybridized carbons (Fsp3) is 0.400. The average Bonchev–Trinajstić information content (AvgIpc) is 2.37. The van der Waals surface area contributed by atoms with Crippen LogP contribution in [0.4, 0.5) is 5.82 Å². The van der Waals surface area contributed by atoms with Gasteiger partial charge in [-0.15, -0.1) is 0 Å². The van der Waals surface area contributed by atoms with Gasteiger partial charge in [-0.05, 0) is 32.9 Å². The number of anilines is 1. The number of amides is 1. The molecule has 0 radical (unpaired) electrons. The molecule has 0 aliphatic heterocycles. The van der Waals surface area contributed by atoms with Crippen molar-refractivity contribution in [3.8, 4) is 0 Å². The quantitative estimate of drug-likeness (QED) is 0.896. The lowest BCUT2D eigenvalue weighted by atomic mass is 10.1. The van der Waals surface area contributed by atoms with Crippen LogP contribution in [-0.2, 0) is 4.79 Å². The number of carbonyl (C=O) groups is 1. The van der Waals surface area contributed by atoms with Crippen LogP contribution in [0.5, 0.6) is 0 Å². The van der Waals surface area contributed by atoms with Crippen molar-refractivity contribution in [2.75, 3.05) is 11.9 Å². The molecule has 5 nitrogen and oxygen atoms in total. The number of fused-ring (bicyclic) bond motifs is 1. The van der Waals surface area contributed by atoms with Gasteiger partial charge in [0.25, 0.3) is 0 Å². The Morgan fingerprint density at radius 2 is 1.95 bits per heavy atom. The number of benzene rings is 1. The zero-order valence-electron chi connectivity index (χ0n) is 12.1. The van der Waals surface area contributed by atoms with Gasteiger partial charge in [-0.25, -0.2) is 9.97 Å². The van der Waals surface area contributed by atoms with Crippen molar-refractivity contribution in [2.24, 2.45) is 0 Å². The summed E-state index contributed by atoms with van der Waals surface area (Å²) >= 11 is 0. The van der Waals surface area contributed by atoms with Gasteiger partial charge in [0.1, 0.15) is 12.1 Å². The van der Waals surface area contributed by atoms with E-state index in [1.807, 2.05) is 45.0 Å². The molecular weight excluding hydrogens is 252 g/mol. The van der Waals surface area contributed by atoms with E-state index in [0.29, 0.717) is 13.0 Å². The highest BCUT2D eigenvalue weighted by Gasteiger charge is 2.13. The molecule has 0 unspecified atom stereocenters. The Morgan fingerprint density at radius 1 is 1.20 bits per heavy atom. The van der Waals surface area contributed by atoms with E-state index in [9.17, 15) is 4.79 Å². The third-order valence-corrected chi connectivity index (χ3v) is 2.70. The molecule has 1 heterocycles. The lowest BCUT2D eigenvalue weighted by molar-refractivity contribution is -0.122. The highest BCUT2D eigenvalue weighted by molar-refractivity contribution is 5.88. The van der Waals surface area contributed by atoms with E-state index in [1.165, 1.54) is 6.33 Å². The Kier molecular flexibility index (Phi) is 4.17. The summed E-state index contributed by atoms with van der Waals surface area (Å²) in [6, 6.07) is 7.79. The minimum atomic E-state index is -0.196. The van der Waals surface area contributed by atoms with E-state index in [2.05, 4.69) is 20.6 Å². The zero-order valence-corrected chi connectivity index (χ0v) is 12.1. The second-order valence-electron chi connectivity index (χ2n) is 5.71. The van der Waals surface area contributed by atoms with Gasteiger partial charge in [0.05, 0.1) is 5.52 Å². The fourth-order valence-electron chi connectivity index (χ4n) is 1.92. The summed E-state index contributed by atoms with van der Waals surface area (Å²) in [5.41, 5.74) is 0.697. The summed E-state index contributed by atoms with van der Waals surface area (Å²) in [4.78, 5) is 20.2. The van der Waals surface area contributed by atoms with Gasteiger partial charge in [-0.1, -0.05) is 12.1 Å². The number of carbonyl (C=O) groups excluding carboxylic acids is 1. The van der Waals surface area contributed by atoms with Gasteiger partial charge < -0.3 is 10.6 Å². The third-order valence-electron chi connectivity index (χ3n) is 2.70. The summed E-state index contributed by atoms with van der Waals surface area (Å²) in [7, 11) is 0. The Bertz CT molecular complexity index is 599. The average molecular weight is 272 g/mol. The number of aromatic nitrogens is 2. The van der Waals surface area contributed by atoms with Gasteiger partial charge in [0, 0.05) is 23.9 Å². The number of nitrogens with zero attached hydrogens (tertiary/aromatic N) is 2. The fourth-order valence-corrected chi connectivity index (χ4v) is 1.92. The van der Waals surface area contributed by atoms with Crippen molar-refractivity contribution >= 4 is 22.6 Å². The molecule has 20 heavy (non-hydrogen) atoms. The van der Waals surface area contributed by atoms with Crippen molar-refractivity contribution < 1.29 is 4.79 Å². The Labute approximate surface area is 118 Å². The van der Waals surface area contributed by atoms with Crippen LogP contribution in [0.1, 0.15) is 27.2 Å². The van der Waals surface area contributed by atoms with Gasteiger partial charge in [0.2, 0.25) is 5.91 Å². The van der Waals surface area contributed by atoms with Crippen molar-refractivity contribution in [1.29, 1.82) is 0 Å². The monoisotopic (exact) mass is 272 g/mol. The lowest BCUT2D eigenvalue weighted by Gasteiger charge is -2.20. The summed E-state index contributed by atoms with van der Waals surface area (Å²) in [6.07, 6.45) is 1.94. The van der Waals surface area contributed by atoms with Gasteiger partial charge >= 0.3 is 0 Å². The summed E-state index contributed by atoms with van der Waals surface area (Å²) in [5.74, 6) is 0.794. The topological polar surface area (TPSA) is 66.9 Å². The molecule has 0 bridgehead atoms. The maximum atomic E-state index is 11.7. The molecule has 2 aromatic rings. The molecule has 2 N–H and O–H groups in total.